The first-order valence-corrected chi connectivity index (χ1v) is 3.89. The van der Waals surface area contributed by atoms with Crippen molar-refractivity contribution >= 4 is 5.78 Å². The van der Waals surface area contributed by atoms with Crippen molar-refractivity contribution in [1.29, 1.82) is 0 Å². The summed E-state index contributed by atoms with van der Waals surface area (Å²) in [6, 6.07) is 0. The molecule has 0 unspecified atom stereocenters. The van der Waals surface area contributed by atoms with E-state index in [2.05, 4.69) is 0 Å². The Morgan fingerprint density at radius 2 is 2.10 bits per heavy atom. The van der Waals surface area contributed by atoms with E-state index in [1.807, 2.05) is 13.8 Å². The van der Waals surface area contributed by atoms with Gasteiger partial charge in [0.05, 0.1) is 6.61 Å². The zero-order chi connectivity index (χ0) is 7.98. The van der Waals surface area contributed by atoms with Crippen molar-refractivity contribution in [2.75, 3.05) is 6.61 Å². The third kappa shape index (κ3) is 2.97. The van der Waals surface area contributed by atoms with Crippen LogP contribution in [-0.4, -0.2) is 17.5 Å². The van der Waals surface area contributed by atoms with Gasteiger partial charge in [0, 0.05) is 12.3 Å². The summed E-state index contributed by atoms with van der Waals surface area (Å²) in [6.07, 6.45) is 2.25. The molecule has 0 saturated carbocycles. The molecule has 0 aliphatic carbocycles. The lowest BCUT2D eigenvalue weighted by atomic mass is 9.99. The summed E-state index contributed by atoms with van der Waals surface area (Å²) >= 11 is 0. The third-order valence-electron chi connectivity index (χ3n) is 1.66. The number of hydrogen-bond acceptors (Lipinski definition) is 2. The molecule has 0 aromatic rings. The number of Topliss-reactive ketones (excluding diaryl/α,β-unsaturated/α-hetero) is 1. The molecule has 0 aliphatic heterocycles. The van der Waals surface area contributed by atoms with Crippen LogP contribution in [0, 0.1) is 5.92 Å². The van der Waals surface area contributed by atoms with Gasteiger partial charge in [0.25, 0.3) is 0 Å². The first-order valence-electron chi connectivity index (χ1n) is 3.89. The van der Waals surface area contributed by atoms with Crippen LogP contribution in [0.2, 0.25) is 0 Å². The molecule has 60 valence electrons. The lowest BCUT2D eigenvalue weighted by molar-refractivity contribution is -0.124. The molecule has 0 aliphatic rings. The van der Waals surface area contributed by atoms with Gasteiger partial charge in [-0.2, -0.15) is 0 Å². The van der Waals surface area contributed by atoms with E-state index >= 15 is 0 Å². The predicted molar refractivity (Wildman–Crippen MR) is 40.8 cm³/mol. The largest absolute Gasteiger partial charge is 0.396 e. The van der Waals surface area contributed by atoms with Gasteiger partial charge >= 0.3 is 0 Å². The standard InChI is InChI=1S/C8H16O2/c1-3-5-8(10)7(4-2)6-9/h7,9H,3-6H2,1-2H3/t7-/m0/s1. The van der Waals surface area contributed by atoms with Crippen LogP contribution in [0.3, 0.4) is 0 Å². The van der Waals surface area contributed by atoms with Gasteiger partial charge in [-0.1, -0.05) is 13.8 Å². The Balaban J connectivity index is 3.65. The first kappa shape index (κ1) is 9.63. The summed E-state index contributed by atoms with van der Waals surface area (Å²) in [5.41, 5.74) is 0. The maximum Gasteiger partial charge on any atom is 0.138 e. The van der Waals surface area contributed by atoms with Crippen LogP contribution in [0.25, 0.3) is 0 Å². The van der Waals surface area contributed by atoms with Crippen molar-refractivity contribution in [3.05, 3.63) is 0 Å². The van der Waals surface area contributed by atoms with E-state index in [9.17, 15) is 4.79 Å². The molecule has 0 heterocycles. The molecule has 10 heavy (non-hydrogen) atoms. The number of rotatable bonds is 5. The summed E-state index contributed by atoms with van der Waals surface area (Å²) in [5, 5.41) is 8.70. The van der Waals surface area contributed by atoms with Crippen molar-refractivity contribution in [3.63, 3.8) is 0 Å². The van der Waals surface area contributed by atoms with Crippen LogP contribution >= 0.6 is 0 Å². The van der Waals surface area contributed by atoms with E-state index in [1.165, 1.54) is 0 Å². The minimum Gasteiger partial charge on any atom is -0.396 e. The van der Waals surface area contributed by atoms with Gasteiger partial charge in [-0.05, 0) is 12.8 Å². The fourth-order valence-electron chi connectivity index (χ4n) is 0.909. The number of hydrogen-bond donors (Lipinski definition) is 1. The molecule has 0 aromatic carbocycles. The minimum atomic E-state index is -0.111. The van der Waals surface area contributed by atoms with Crippen LogP contribution in [0.5, 0.6) is 0 Å². The van der Waals surface area contributed by atoms with Gasteiger partial charge in [0.1, 0.15) is 5.78 Å². The Morgan fingerprint density at radius 3 is 2.40 bits per heavy atom. The summed E-state index contributed by atoms with van der Waals surface area (Å²) in [6.45, 7) is 3.91. The topological polar surface area (TPSA) is 37.3 Å². The van der Waals surface area contributed by atoms with Gasteiger partial charge in [-0.25, -0.2) is 0 Å². The fraction of sp³-hybridized carbons (Fsp3) is 0.875. The van der Waals surface area contributed by atoms with E-state index in [4.69, 9.17) is 5.11 Å². The minimum absolute atomic E-state index is 0.00926. The average molecular weight is 144 g/mol. The third-order valence-corrected chi connectivity index (χ3v) is 1.66. The molecule has 0 fully saturated rings. The van der Waals surface area contributed by atoms with Gasteiger partial charge < -0.3 is 5.11 Å². The second-order valence-corrected chi connectivity index (χ2v) is 2.50. The summed E-state index contributed by atoms with van der Waals surface area (Å²) in [7, 11) is 0. The molecular formula is C8H16O2. The maximum absolute atomic E-state index is 11.0. The predicted octanol–water partition coefficient (Wildman–Crippen LogP) is 1.37. The van der Waals surface area contributed by atoms with Crippen molar-refractivity contribution in [2.24, 2.45) is 5.92 Å². The van der Waals surface area contributed by atoms with Gasteiger partial charge in [-0.15, -0.1) is 0 Å². The van der Waals surface area contributed by atoms with Crippen LogP contribution in [0.4, 0.5) is 0 Å². The Hall–Kier alpha value is -0.370. The Kier molecular flexibility index (Phi) is 5.22. The van der Waals surface area contributed by atoms with Crippen molar-refractivity contribution < 1.29 is 9.90 Å². The highest BCUT2D eigenvalue weighted by atomic mass is 16.3. The second-order valence-electron chi connectivity index (χ2n) is 2.50. The number of ketones is 1. The average Bonchev–Trinajstić information content (AvgIpc) is 1.91. The first-order chi connectivity index (χ1) is 4.76. The van der Waals surface area contributed by atoms with Crippen molar-refractivity contribution in [1.82, 2.24) is 0 Å². The molecule has 0 spiro atoms. The van der Waals surface area contributed by atoms with Crippen LogP contribution in [0.15, 0.2) is 0 Å². The number of aliphatic hydroxyl groups excluding tert-OH is 1. The van der Waals surface area contributed by atoms with Crippen LogP contribution in [0.1, 0.15) is 33.1 Å². The Morgan fingerprint density at radius 1 is 1.50 bits per heavy atom. The fourth-order valence-corrected chi connectivity index (χ4v) is 0.909. The molecule has 1 atom stereocenters. The molecule has 0 bridgehead atoms. The molecular weight excluding hydrogens is 128 g/mol. The molecule has 2 heteroatoms. The normalized spacial score (nSPS) is 13.1. The number of carbonyl (C=O) groups excluding carboxylic acids is 1. The quantitative estimate of drug-likeness (QED) is 0.632. The lowest BCUT2D eigenvalue weighted by Gasteiger charge is -2.07. The second kappa shape index (κ2) is 5.42. The summed E-state index contributed by atoms with van der Waals surface area (Å²) in [4.78, 5) is 11.0. The van der Waals surface area contributed by atoms with Gasteiger partial charge in [0.15, 0.2) is 0 Å². The number of carbonyl (C=O) groups is 1. The SMILES string of the molecule is CCCC(=O)[C@@H](CC)CO. The molecule has 0 saturated heterocycles. The zero-order valence-electron chi connectivity index (χ0n) is 6.76. The van der Waals surface area contributed by atoms with Crippen molar-refractivity contribution in [2.45, 2.75) is 33.1 Å². The summed E-state index contributed by atoms with van der Waals surface area (Å²) < 4.78 is 0. The highest BCUT2D eigenvalue weighted by Crippen LogP contribution is 2.06. The maximum atomic E-state index is 11.0. The van der Waals surface area contributed by atoms with E-state index in [-0.39, 0.29) is 18.3 Å². The number of aliphatic hydroxyl groups is 1. The monoisotopic (exact) mass is 144 g/mol. The van der Waals surface area contributed by atoms with Gasteiger partial charge in [-0.3, -0.25) is 4.79 Å². The smallest absolute Gasteiger partial charge is 0.138 e. The van der Waals surface area contributed by atoms with E-state index in [0.29, 0.717) is 6.42 Å². The molecule has 0 rings (SSSR count). The zero-order valence-corrected chi connectivity index (χ0v) is 6.76. The molecule has 0 radical (unpaired) electrons. The van der Waals surface area contributed by atoms with E-state index < -0.39 is 0 Å². The molecule has 0 amide bonds. The highest BCUT2D eigenvalue weighted by molar-refractivity contribution is 5.80. The Bertz CT molecular complexity index is 95.4. The van der Waals surface area contributed by atoms with E-state index in [1.54, 1.807) is 0 Å². The molecule has 0 aromatic heterocycles. The van der Waals surface area contributed by atoms with Crippen LogP contribution in [-0.2, 0) is 4.79 Å². The van der Waals surface area contributed by atoms with Crippen molar-refractivity contribution in [3.8, 4) is 0 Å². The summed E-state index contributed by atoms with van der Waals surface area (Å²) in [5.74, 6) is 0.0902. The van der Waals surface area contributed by atoms with E-state index in [0.717, 1.165) is 12.8 Å². The van der Waals surface area contributed by atoms with Gasteiger partial charge in [0.2, 0.25) is 0 Å². The highest BCUT2D eigenvalue weighted by Gasteiger charge is 2.12. The Labute approximate surface area is 62.2 Å². The lowest BCUT2D eigenvalue weighted by Crippen LogP contribution is -2.16. The molecule has 2 nitrogen and oxygen atoms in total. The van der Waals surface area contributed by atoms with Crippen LogP contribution < -0.4 is 0 Å². The molecule has 1 N–H and O–H groups in total.